The lowest BCUT2D eigenvalue weighted by atomic mass is 9.95. The monoisotopic (exact) mass is 299 g/mol. The molecule has 6 heteroatoms. The van der Waals surface area contributed by atoms with E-state index in [1.54, 1.807) is 4.90 Å². The maximum Gasteiger partial charge on any atom is 0.317 e. The van der Waals surface area contributed by atoms with Crippen molar-refractivity contribution in [3.63, 3.8) is 0 Å². The summed E-state index contributed by atoms with van der Waals surface area (Å²) in [6.45, 7) is 7.21. The number of carboxylic acids is 1. The highest BCUT2D eigenvalue weighted by molar-refractivity contribution is 5.74. The molecule has 1 atom stereocenters. The molecule has 1 aliphatic rings. The number of nitrogens with zero attached hydrogens (tertiary/aromatic N) is 2. The van der Waals surface area contributed by atoms with Crippen LogP contribution in [0.3, 0.4) is 0 Å². The first-order valence-corrected chi connectivity index (χ1v) is 7.85. The van der Waals surface area contributed by atoms with Crippen molar-refractivity contribution in [2.45, 2.75) is 45.6 Å². The predicted molar refractivity (Wildman–Crippen MR) is 82.3 cm³/mol. The van der Waals surface area contributed by atoms with Crippen molar-refractivity contribution in [2.75, 3.05) is 33.2 Å². The third-order valence-corrected chi connectivity index (χ3v) is 4.11. The van der Waals surface area contributed by atoms with Gasteiger partial charge >= 0.3 is 12.0 Å². The summed E-state index contributed by atoms with van der Waals surface area (Å²) < 4.78 is 0. The van der Waals surface area contributed by atoms with Crippen molar-refractivity contribution in [1.82, 2.24) is 15.1 Å². The molecule has 0 bridgehead atoms. The molecule has 1 fully saturated rings. The summed E-state index contributed by atoms with van der Waals surface area (Å²) in [6.07, 6.45) is 2.87. The van der Waals surface area contributed by atoms with Gasteiger partial charge in [0.05, 0.1) is 0 Å². The van der Waals surface area contributed by atoms with Crippen LogP contribution in [-0.4, -0.2) is 66.2 Å². The minimum absolute atomic E-state index is 0.0581. The van der Waals surface area contributed by atoms with Gasteiger partial charge < -0.3 is 20.2 Å². The van der Waals surface area contributed by atoms with Gasteiger partial charge in [-0.25, -0.2) is 4.79 Å². The van der Waals surface area contributed by atoms with Crippen molar-refractivity contribution in [3.05, 3.63) is 0 Å². The van der Waals surface area contributed by atoms with E-state index in [9.17, 15) is 9.59 Å². The topological polar surface area (TPSA) is 72.9 Å². The zero-order valence-electron chi connectivity index (χ0n) is 13.5. The SMILES string of the molecule is CC(C)N(C)CCCNC(=O)N1CCCC(CC(=O)O)C1. The molecule has 2 N–H and O–H groups in total. The van der Waals surface area contributed by atoms with Crippen LogP contribution in [0.25, 0.3) is 0 Å². The number of carboxylic acid groups (broad SMARTS) is 1. The van der Waals surface area contributed by atoms with E-state index in [2.05, 4.69) is 31.1 Å². The van der Waals surface area contributed by atoms with E-state index in [0.717, 1.165) is 32.4 Å². The van der Waals surface area contributed by atoms with Crippen LogP contribution in [-0.2, 0) is 4.79 Å². The number of rotatable bonds is 7. The van der Waals surface area contributed by atoms with Gasteiger partial charge in [-0.1, -0.05) is 0 Å². The summed E-state index contributed by atoms with van der Waals surface area (Å²) in [5.41, 5.74) is 0. The van der Waals surface area contributed by atoms with E-state index >= 15 is 0 Å². The van der Waals surface area contributed by atoms with Crippen molar-refractivity contribution in [1.29, 1.82) is 0 Å². The highest BCUT2D eigenvalue weighted by atomic mass is 16.4. The number of aliphatic carboxylic acids is 1. The van der Waals surface area contributed by atoms with Gasteiger partial charge in [0.15, 0.2) is 0 Å². The Balaban J connectivity index is 2.23. The Hall–Kier alpha value is -1.30. The number of carbonyl (C=O) groups is 2. The molecule has 1 rings (SSSR count). The predicted octanol–water partition coefficient (Wildman–Crippen LogP) is 1.61. The Morgan fingerprint density at radius 3 is 2.76 bits per heavy atom. The first kappa shape index (κ1) is 17.8. The Labute approximate surface area is 127 Å². The normalized spacial score (nSPS) is 19.1. The minimum Gasteiger partial charge on any atom is -0.481 e. The van der Waals surface area contributed by atoms with Gasteiger partial charge in [-0.05, 0) is 52.6 Å². The fourth-order valence-corrected chi connectivity index (χ4v) is 2.56. The van der Waals surface area contributed by atoms with Crippen LogP contribution in [0.2, 0.25) is 0 Å². The maximum atomic E-state index is 12.1. The minimum atomic E-state index is -0.779. The number of nitrogens with one attached hydrogen (secondary N) is 1. The summed E-state index contributed by atoms with van der Waals surface area (Å²) in [5.74, 6) is -0.687. The van der Waals surface area contributed by atoms with Crippen LogP contribution in [0.1, 0.15) is 39.5 Å². The van der Waals surface area contributed by atoms with E-state index in [1.165, 1.54) is 0 Å². The number of amides is 2. The molecule has 0 spiro atoms. The smallest absolute Gasteiger partial charge is 0.317 e. The Morgan fingerprint density at radius 2 is 2.14 bits per heavy atom. The highest BCUT2D eigenvalue weighted by Crippen LogP contribution is 2.19. The fourth-order valence-electron chi connectivity index (χ4n) is 2.56. The van der Waals surface area contributed by atoms with Crippen LogP contribution in [0, 0.1) is 5.92 Å². The molecule has 1 heterocycles. The molecule has 0 radical (unpaired) electrons. The Morgan fingerprint density at radius 1 is 1.43 bits per heavy atom. The van der Waals surface area contributed by atoms with E-state index in [-0.39, 0.29) is 18.4 Å². The van der Waals surface area contributed by atoms with Gasteiger partial charge in [0, 0.05) is 32.1 Å². The molecule has 1 saturated heterocycles. The number of likely N-dealkylation sites (tertiary alicyclic amines) is 1. The Kier molecular flexibility index (Phi) is 7.50. The number of urea groups is 1. The summed E-state index contributed by atoms with van der Waals surface area (Å²) in [4.78, 5) is 26.8. The largest absolute Gasteiger partial charge is 0.481 e. The molecular weight excluding hydrogens is 270 g/mol. The summed E-state index contributed by atoms with van der Waals surface area (Å²) in [7, 11) is 2.08. The molecule has 0 aromatic heterocycles. The van der Waals surface area contributed by atoms with Crippen LogP contribution in [0.4, 0.5) is 4.79 Å². The molecule has 1 aliphatic heterocycles. The molecule has 0 aliphatic carbocycles. The lowest BCUT2D eigenvalue weighted by Crippen LogP contribution is -2.46. The molecule has 0 aromatic rings. The van der Waals surface area contributed by atoms with E-state index < -0.39 is 5.97 Å². The fraction of sp³-hybridized carbons (Fsp3) is 0.867. The lowest BCUT2D eigenvalue weighted by molar-refractivity contribution is -0.138. The van der Waals surface area contributed by atoms with E-state index in [1.807, 2.05) is 0 Å². The van der Waals surface area contributed by atoms with Gasteiger partial charge in [0.1, 0.15) is 0 Å². The molecule has 1 unspecified atom stereocenters. The van der Waals surface area contributed by atoms with Gasteiger partial charge in [-0.2, -0.15) is 0 Å². The van der Waals surface area contributed by atoms with Crippen LogP contribution in [0.15, 0.2) is 0 Å². The van der Waals surface area contributed by atoms with Gasteiger partial charge in [0.2, 0.25) is 0 Å². The van der Waals surface area contributed by atoms with E-state index in [4.69, 9.17) is 5.11 Å². The van der Waals surface area contributed by atoms with Gasteiger partial charge in [-0.15, -0.1) is 0 Å². The van der Waals surface area contributed by atoms with Crippen molar-refractivity contribution < 1.29 is 14.7 Å². The lowest BCUT2D eigenvalue weighted by Gasteiger charge is -2.32. The second kappa shape index (κ2) is 8.87. The van der Waals surface area contributed by atoms with Gasteiger partial charge in [0.25, 0.3) is 0 Å². The molecule has 0 saturated carbocycles. The first-order valence-electron chi connectivity index (χ1n) is 7.85. The van der Waals surface area contributed by atoms with Crippen molar-refractivity contribution >= 4 is 12.0 Å². The molecule has 6 nitrogen and oxygen atoms in total. The van der Waals surface area contributed by atoms with Crippen LogP contribution in [0.5, 0.6) is 0 Å². The summed E-state index contributed by atoms with van der Waals surface area (Å²) in [6, 6.07) is 0.455. The number of carbonyl (C=O) groups excluding carboxylic acids is 1. The average molecular weight is 299 g/mol. The quantitative estimate of drug-likeness (QED) is 0.701. The van der Waals surface area contributed by atoms with E-state index in [0.29, 0.717) is 19.1 Å². The van der Waals surface area contributed by atoms with Crippen molar-refractivity contribution in [2.24, 2.45) is 5.92 Å². The molecule has 0 aromatic carbocycles. The zero-order chi connectivity index (χ0) is 15.8. The summed E-state index contributed by atoms with van der Waals surface area (Å²) >= 11 is 0. The Bertz CT molecular complexity index is 347. The third kappa shape index (κ3) is 6.80. The second-order valence-electron chi connectivity index (χ2n) is 6.21. The van der Waals surface area contributed by atoms with Gasteiger partial charge in [-0.3, -0.25) is 4.79 Å². The molecule has 2 amide bonds. The first-order chi connectivity index (χ1) is 9.90. The number of hydrogen-bond acceptors (Lipinski definition) is 3. The zero-order valence-corrected chi connectivity index (χ0v) is 13.5. The molecule has 21 heavy (non-hydrogen) atoms. The third-order valence-electron chi connectivity index (χ3n) is 4.11. The number of hydrogen-bond donors (Lipinski definition) is 2. The second-order valence-corrected chi connectivity index (χ2v) is 6.21. The number of piperidine rings is 1. The molecule has 122 valence electrons. The molecular formula is C15H29N3O3. The van der Waals surface area contributed by atoms with Crippen LogP contribution < -0.4 is 5.32 Å². The standard InChI is InChI=1S/C15H29N3O3/c1-12(2)17(3)8-5-7-16-15(21)18-9-4-6-13(11-18)10-14(19)20/h12-13H,4-11H2,1-3H3,(H,16,21)(H,19,20). The van der Waals surface area contributed by atoms with Crippen LogP contribution >= 0.6 is 0 Å². The maximum absolute atomic E-state index is 12.1. The average Bonchev–Trinajstić information content (AvgIpc) is 2.42. The highest BCUT2D eigenvalue weighted by Gasteiger charge is 2.24. The van der Waals surface area contributed by atoms with Crippen molar-refractivity contribution in [3.8, 4) is 0 Å². The summed E-state index contributed by atoms with van der Waals surface area (Å²) in [5, 5.41) is 11.8.